The summed E-state index contributed by atoms with van der Waals surface area (Å²) in [6, 6.07) is 19.8. The van der Waals surface area contributed by atoms with Gasteiger partial charge in [0.1, 0.15) is 18.1 Å². The monoisotopic (exact) mass is 785 g/mol. The molecule has 0 unspecified atom stereocenters. The van der Waals surface area contributed by atoms with E-state index in [1.807, 2.05) is 6.20 Å². The van der Waals surface area contributed by atoms with Gasteiger partial charge in [-0.05, 0) is 117 Å². The Labute approximate surface area is 346 Å². The minimum absolute atomic E-state index is 0.0216. The fourth-order valence-electron chi connectivity index (χ4n) is 8.83. The lowest BCUT2D eigenvalue weighted by molar-refractivity contribution is -0.119. The van der Waals surface area contributed by atoms with Crippen molar-refractivity contribution in [2.24, 2.45) is 5.92 Å². The lowest BCUT2D eigenvalue weighted by atomic mass is 9.91. The fraction of sp³-hybridized carbons (Fsp3) is 0.479. The van der Waals surface area contributed by atoms with Gasteiger partial charge >= 0.3 is 0 Å². The quantitative estimate of drug-likeness (QED) is 0.0905. The van der Waals surface area contributed by atoms with Crippen LogP contribution < -0.4 is 35.4 Å². The van der Waals surface area contributed by atoms with E-state index in [0.29, 0.717) is 18.9 Å². The first kappa shape index (κ1) is 40.9. The second kappa shape index (κ2) is 19.5. The summed E-state index contributed by atoms with van der Waals surface area (Å²) in [7, 11) is 0. The van der Waals surface area contributed by atoms with E-state index in [2.05, 4.69) is 125 Å². The number of nitrogens with zero attached hydrogens (tertiary/aromatic N) is 5. The number of piperidine rings is 1. The second-order valence-corrected chi connectivity index (χ2v) is 16.5. The van der Waals surface area contributed by atoms with Crippen molar-refractivity contribution in [3.63, 3.8) is 0 Å². The Morgan fingerprint density at radius 1 is 0.983 bits per heavy atom. The van der Waals surface area contributed by atoms with Gasteiger partial charge in [-0.2, -0.15) is 0 Å². The molecule has 0 saturated carbocycles. The first-order chi connectivity index (χ1) is 28.3. The number of amides is 1. The first-order valence-electron chi connectivity index (χ1n) is 21.8. The number of ether oxygens (including phenoxy) is 1. The third-order valence-corrected chi connectivity index (χ3v) is 12.1. The van der Waals surface area contributed by atoms with E-state index in [4.69, 9.17) is 9.72 Å². The number of hydrogen-bond acceptors (Lipinski definition) is 9. The number of nitrogens with one attached hydrogen (secondary N) is 3. The van der Waals surface area contributed by atoms with Gasteiger partial charge in [0.2, 0.25) is 11.8 Å². The molecule has 308 valence electrons. The van der Waals surface area contributed by atoms with Gasteiger partial charge in [0.25, 0.3) is 0 Å². The summed E-state index contributed by atoms with van der Waals surface area (Å²) in [5, 5.41) is 9.99. The van der Waals surface area contributed by atoms with E-state index >= 15 is 0 Å². The van der Waals surface area contributed by atoms with Crippen molar-refractivity contribution in [2.45, 2.75) is 98.4 Å². The minimum atomic E-state index is 0.0216. The predicted octanol–water partition coefficient (Wildman–Crippen LogP) is 9.48. The molecule has 0 bridgehead atoms. The van der Waals surface area contributed by atoms with Gasteiger partial charge in [0, 0.05) is 67.6 Å². The van der Waals surface area contributed by atoms with Crippen molar-refractivity contribution in [1.82, 2.24) is 15.3 Å². The number of anilines is 6. The smallest absolute Gasteiger partial charge is 0.237 e. The molecule has 5 heterocycles. The summed E-state index contributed by atoms with van der Waals surface area (Å²) in [4.78, 5) is 29.7. The standard InChI is InChI=1S/C48H64N8O2/c1-6-10-35(4)51-46(57)31-39-12-16-42(30-34(39)3)54(24-7-2)25-9-8-11-37-20-26-55(27-21-37)41-17-14-40(15-18-41)52-45-19-13-38-22-28-56(33-43(38)53-45)44-32-50-48-47(36(44)5)49-23-29-58-48/h12-19,30,32,37,49H,4,6-11,20-29,31,33H2,1-3,5H3,(H,51,57)(H,52,53). The highest BCUT2D eigenvalue weighted by molar-refractivity contribution is 5.80. The summed E-state index contributed by atoms with van der Waals surface area (Å²) in [5.74, 6) is 2.39. The third kappa shape index (κ3) is 10.2. The fourth-order valence-corrected chi connectivity index (χ4v) is 8.83. The van der Waals surface area contributed by atoms with E-state index in [1.165, 1.54) is 60.2 Å². The lowest BCUT2D eigenvalue weighted by Crippen LogP contribution is -2.33. The Hall–Kier alpha value is -5.25. The van der Waals surface area contributed by atoms with E-state index in [0.717, 1.165) is 117 Å². The first-order valence-corrected chi connectivity index (χ1v) is 21.8. The SMILES string of the molecule is C=C(CCC)NC(=O)Cc1ccc(N(CCC)CCCCC2CCN(c3ccc(Nc4ccc5c(n4)CN(c4cnc6c(c4C)NCCO6)CC5)cc3)CC2)cc1C. The Kier molecular flexibility index (Phi) is 13.7. The van der Waals surface area contributed by atoms with Crippen molar-refractivity contribution in [3.05, 3.63) is 101 Å². The van der Waals surface area contributed by atoms with Crippen LogP contribution >= 0.6 is 0 Å². The summed E-state index contributed by atoms with van der Waals surface area (Å²) < 4.78 is 5.76. The zero-order valence-electron chi connectivity index (χ0n) is 35.3. The second-order valence-electron chi connectivity index (χ2n) is 16.5. The number of allylic oxidation sites excluding steroid dienone is 1. The van der Waals surface area contributed by atoms with Crippen molar-refractivity contribution in [3.8, 4) is 5.88 Å². The molecule has 1 amide bonds. The molecule has 0 radical (unpaired) electrons. The number of aromatic nitrogens is 2. The zero-order chi connectivity index (χ0) is 40.4. The van der Waals surface area contributed by atoms with E-state index in [1.54, 1.807) is 0 Å². The average molecular weight is 785 g/mol. The van der Waals surface area contributed by atoms with E-state index < -0.39 is 0 Å². The molecule has 1 fully saturated rings. The molecule has 0 spiro atoms. The Balaban J connectivity index is 0.845. The highest BCUT2D eigenvalue weighted by Gasteiger charge is 2.24. The molecule has 2 aromatic heterocycles. The molecule has 2 aromatic carbocycles. The Bertz CT molecular complexity index is 2020. The van der Waals surface area contributed by atoms with Gasteiger partial charge < -0.3 is 35.4 Å². The maximum absolute atomic E-state index is 12.5. The normalized spacial score (nSPS) is 15.2. The molecular weight excluding hydrogens is 721 g/mol. The van der Waals surface area contributed by atoms with E-state index in [-0.39, 0.29) is 5.91 Å². The summed E-state index contributed by atoms with van der Waals surface area (Å²) in [6.07, 6.45) is 12.5. The number of carbonyl (C=O) groups is 1. The van der Waals surface area contributed by atoms with Crippen LogP contribution in [0.2, 0.25) is 0 Å². The minimum Gasteiger partial charge on any atom is -0.474 e. The van der Waals surface area contributed by atoms with Crippen LogP contribution in [0.25, 0.3) is 0 Å². The highest BCUT2D eigenvalue weighted by Crippen LogP contribution is 2.36. The van der Waals surface area contributed by atoms with Gasteiger partial charge in [-0.15, -0.1) is 0 Å². The van der Waals surface area contributed by atoms with Crippen molar-refractivity contribution >= 4 is 40.2 Å². The number of carbonyl (C=O) groups excluding carboxylic acids is 1. The summed E-state index contributed by atoms with van der Waals surface area (Å²) in [6.45, 7) is 20.1. The number of unbranched alkanes of at least 4 members (excludes halogenated alkanes) is 1. The van der Waals surface area contributed by atoms with E-state index in [9.17, 15) is 4.79 Å². The molecule has 10 nitrogen and oxygen atoms in total. The Morgan fingerprint density at radius 2 is 1.81 bits per heavy atom. The average Bonchev–Trinajstić information content (AvgIpc) is 3.23. The van der Waals surface area contributed by atoms with Crippen LogP contribution in [0, 0.1) is 19.8 Å². The predicted molar refractivity (Wildman–Crippen MR) is 240 cm³/mol. The maximum atomic E-state index is 12.5. The molecule has 3 aliphatic rings. The third-order valence-electron chi connectivity index (χ3n) is 12.1. The number of pyridine rings is 2. The number of fused-ring (bicyclic) bond motifs is 2. The van der Waals surface area contributed by atoms with Crippen LogP contribution in [0.4, 0.5) is 34.3 Å². The molecule has 0 aliphatic carbocycles. The van der Waals surface area contributed by atoms with Crippen molar-refractivity contribution in [2.75, 3.05) is 71.2 Å². The number of aryl methyl sites for hydroxylation is 1. The van der Waals surface area contributed by atoms with Crippen LogP contribution in [0.3, 0.4) is 0 Å². The van der Waals surface area contributed by atoms with Crippen LogP contribution in [-0.4, -0.2) is 61.8 Å². The molecule has 1 saturated heterocycles. The van der Waals surface area contributed by atoms with Crippen molar-refractivity contribution in [1.29, 1.82) is 0 Å². The summed E-state index contributed by atoms with van der Waals surface area (Å²) >= 11 is 0. The molecular formula is C48H64N8O2. The zero-order valence-corrected chi connectivity index (χ0v) is 35.3. The molecule has 0 atom stereocenters. The topological polar surface area (TPSA) is 97.9 Å². The maximum Gasteiger partial charge on any atom is 0.237 e. The van der Waals surface area contributed by atoms with Crippen LogP contribution in [-0.2, 0) is 24.2 Å². The molecule has 58 heavy (non-hydrogen) atoms. The van der Waals surface area contributed by atoms with Crippen LogP contribution in [0.5, 0.6) is 5.88 Å². The summed E-state index contributed by atoms with van der Waals surface area (Å²) in [5.41, 5.74) is 12.4. The lowest BCUT2D eigenvalue weighted by Gasteiger charge is -2.34. The molecule has 3 aliphatic heterocycles. The number of hydrogen-bond donors (Lipinski definition) is 3. The Morgan fingerprint density at radius 3 is 2.59 bits per heavy atom. The highest BCUT2D eigenvalue weighted by atomic mass is 16.5. The van der Waals surface area contributed by atoms with Gasteiger partial charge in [0.15, 0.2) is 0 Å². The van der Waals surface area contributed by atoms with Crippen LogP contribution in [0.1, 0.15) is 93.2 Å². The number of benzene rings is 2. The molecule has 4 aromatic rings. The van der Waals surface area contributed by atoms with Gasteiger partial charge in [0.05, 0.1) is 30.5 Å². The van der Waals surface area contributed by atoms with Gasteiger partial charge in [-0.25, -0.2) is 9.97 Å². The van der Waals surface area contributed by atoms with Crippen molar-refractivity contribution < 1.29 is 9.53 Å². The van der Waals surface area contributed by atoms with Gasteiger partial charge in [-0.1, -0.05) is 51.8 Å². The largest absolute Gasteiger partial charge is 0.474 e. The van der Waals surface area contributed by atoms with Crippen LogP contribution in [0.15, 0.2) is 73.1 Å². The molecule has 7 rings (SSSR count). The number of rotatable bonds is 17. The van der Waals surface area contributed by atoms with Gasteiger partial charge in [-0.3, -0.25) is 4.79 Å². The molecule has 3 N–H and O–H groups in total. The molecule has 10 heteroatoms.